The van der Waals surface area contributed by atoms with Crippen LogP contribution in [0.5, 0.6) is 11.5 Å². The third-order valence-electron chi connectivity index (χ3n) is 5.13. The van der Waals surface area contributed by atoms with Crippen molar-refractivity contribution in [3.05, 3.63) is 80.7 Å². The zero-order valence-electron chi connectivity index (χ0n) is 16.4. The highest BCUT2D eigenvalue weighted by Crippen LogP contribution is 2.45. The molecule has 0 aliphatic carbocycles. The number of furan rings is 1. The van der Waals surface area contributed by atoms with Crippen molar-refractivity contribution >= 4 is 10.8 Å². The molecule has 2 N–H and O–H groups in total. The van der Waals surface area contributed by atoms with Crippen LogP contribution in [0.1, 0.15) is 35.5 Å². The second-order valence-electron chi connectivity index (χ2n) is 6.87. The second kappa shape index (κ2) is 7.02. The maximum atomic E-state index is 12.7. The highest BCUT2D eigenvalue weighted by molar-refractivity contribution is 5.93. The average molecular weight is 388 g/mol. The molecule has 6 heteroatoms. The van der Waals surface area contributed by atoms with Crippen LogP contribution in [0.25, 0.3) is 10.8 Å². The summed E-state index contributed by atoms with van der Waals surface area (Å²) in [6, 6.07) is 12.9. The number of fused-ring (bicyclic) bond motifs is 3. The summed E-state index contributed by atoms with van der Waals surface area (Å²) in [5.74, 6) is 1.84. The van der Waals surface area contributed by atoms with Gasteiger partial charge in [0.25, 0.3) is 0 Å². The molecule has 3 aromatic rings. The van der Waals surface area contributed by atoms with Crippen molar-refractivity contribution < 1.29 is 13.9 Å². The second-order valence-corrected chi connectivity index (χ2v) is 6.87. The summed E-state index contributed by atoms with van der Waals surface area (Å²) < 4.78 is 17.1. The molecule has 1 aromatic heterocycles. The topological polar surface area (TPSA) is 98.5 Å². The Morgan fingerprint density at radius 1 is 1.10 bits per heavy atom. The van der Waals surface area contributed by atoms with Crippen LogP contribution in [0.3, 0.4) is 0 Å². The van der Waals surface area contributed by atoms with Gasteiger partial charge in [-0.25, -0.2) is 0 Å². The lowest BCUT2D eigenvalue weighted by Crippen LogP contribution is -2.20. The number of hydrogen-bond donors (Lipinski definition) is 1. The smallest absolute Gasteiger partial charge is 0.205 e. The molecule has 4 rings (SSSR count). The van der Waals surface area contributed by atoms with Gasteiger partial charge in [0.1, 0.15) is 34.7 Å². The lowest BCUT2D eigenvalue weighted by atomic mass is 9.84. The lowest BCUT2D eigenvalue weighted by molar-refractivity contribution is 0.340. The van der Waals surface area contributed by atoms with Gasteiger partial charge in [-0.1, -0.05) is 18.2 Å². The van der Waals surface area contributed by atoms with Crippen molar-refractivity contribution in [1.29, 1.82) is 5.26 Å². The fourth-order valence-corrected chi connectivity index (χ4v) is 3.91. The maximum absolute atomic E-state index is 12.7. The van der Waals surface area contributed by atoms with Crippen molar-refractivity contribution in [1.82, 2.24) is 0 Å². The first-order valence-electron chi connectivity index (χ1n) is 9.33. The van der Waals surface area contributed by atoms with E-state index in [-0.39, 0.29) is 11.3 Å². The number of rotatable bonds is 3. The normalized spacial score (nSPS) is 15.6. The molecule has 0 saturated carbocycles. The number of benzene rings is 1. The Labute approximate surface area is 167 Å². The number of hydrogen-bond acceptors (Lipinski definition) is 6. The number of ether oxygens (including phenoxy) is 2. The van der Waals surface area contributed by atoms with E-state index in [0.29, 0.717) is 45.8 Å². The van der Waals surface area contributed by atoms with Crippen LogP contribution in [-0.4, -0.2) is 6.61 Å². The van der Waals surface area contributed by atoms with E-state index >= 15 is 0 Å². The Bertz CT molecular complexity index is 1250. The van der Waals surface area contributed by atoms with E-state index in [1.165, 1.54) is 6.07 Å². The zero-order valence-corrected chi connectivity index (χ0v) is 16.4. The molecule has 2 aromatic carbocycles. The fraction of sp³-hybridized carbons (Fsp3) is 0.217. The number of aryl methyl sites for hydroxylation is 2. The molecule has 0 spiro atoms. The number of nitrogens with two attached hydrogens (primary N) is 1. The summed E-state index contributed by atoms with van der Waals surface area (Å²) in [7, 11) is 0. The summed E-state index contributed by atoms with van der Waals surface area (Å²) in [6.07, 6.45) is 0. The van der Waals surface area contributed by atoms with Crippen LogP contribution in [0.4, 0.5) is 0 Å². The average Bonchev–Trinajstić information content (AvgIpc) is 2.91. The maximum Gasteiger partial charge on any atom is 0.205 e. The summed E-state index contributed by atoms with van der Waals surface area (Å²) >= 11 is 0. The Morgan fingerprint density at radius 2 is 1.79 bits per heavy atom. The van der Waals surface area contributed by atoms with Gasteiger partial charge in [0, 0.05) is 5.56 Å². The van der Waals surface area contributed by atoms with Crippen molar-refractivity contribution in [3.8, 4) is 17.6 Å². The molecule has 0 saturated heterocycles. The van der Waals surface area contributed by atoms with Gasteiger partial charge in [-0.2, -0.15) is 5.26 Å². The van der Waals surface area contributed by atoms with Crippen molar-refractivity contribution in [3.63, 3.8) is 0 Å². The standard InChI is InChI=1S/C23H20N2O4/c1-4-27-15-7-5-14(6-8-15)21-16-9-10-18(26)19-12(2)28-13(3)20(19)22(16)29-23(25)17(21)11-24/h5-10,21H,4,25H2,1-3H3. The van der Waals surface area contributed by atoms with Crippen LogP contribution in [-0.2, 0) is 0 Å². The van der Waals surface area contributed by atoms with E-state index in [4.69, 9.17) is 19.6 Å². The number of allylic oxidation sites excluding steroid dienone is 1. The molecule has 2 heterocycles. The molecule has 1 aliphatic rings. The predicted molar refractivity (Wildman–Crippen MR) is 109 cm³/mol. The third-order valence-corrected chi connectivity index (χ3v) is 5.13. The Kier molecular flexibility index (Phi) is 4.51. The van der Waals surface area contributed by atoms with E-state index in [2.05, 4.69) is 6.07 Å². The molecule has 1 aliphatic heterocycles. The van der Waals surface area contributed by atoms with E-state index < -0.39 is 5.92 Å². The Hall–Kier alpha value is -3.72. The molecule has 6 nitrogen and oxygen atoms in total. The molecule has 0 bridgehead atoms. The SMILES string of the molecule is CCOc1ccc(C2C(C#N)=C(N)Oc3c2ccc(=O)c2c(C)oc(C)c32)cc1. The molecule has 1 atom stereocenters. The summed E-state index contributed by atoms with van der Waals surface area (Å²) in [6.45, 7) is 6.01. The number of nitrogens with zero attached hydrogens (tertiary/aromatic N) is 1. The molecule has 1 unspecified atom stereocenters. The third kappa shape index (κ3) is 2.92. The van der Waals surface area contributed by atoms with Crippen LogP contribution in [0.15, 0.2) is 57.1 Å². The zero-order chi connectivity index (χ0) is 20.7. The van der Waals surface area contributed by atoms with Gasteiger partial charge in [-0.3, -0.25) is 4.79 Å². The van der Waals surface area contributed by atoms with E-state index in [1.807, 2.05) is 31.2 Å². The van der Waals surface area contributed by atoms with E-state index in [9.17, 15) is 10.1 Å². The van der Waals surface area contributed by atoms with Crippen LogP contribution >= 0.6 is 0 Å². The van der Waals surface area contributed by atoms with Crippen molar-refractivity contribution in [2.45, 2.75) is 26.7 Å². The summed E-state index contributed by atoms with van der Waals surface area (Å²) in [5.41, 5.74) is 7.80. The Morgan fingerprint density at radius 3 is 2.45 bits per heavy atom. The summed E-state index contributed by atoms with van der Waals surface area (Å²) in [5, 5.41) is 10.8. The monoisotopic (exact) mass is 388 g/mol. The van der Waals surface area contributed by atoms with Crippen LogP contribution in [0, 0.1) is 25.2 Å². The first-order valence-corrected chi connectivity index (χ1v) is 9.33. The number of nitriles is 1. The van der Waals surface area contributed by atoms with Crippen LogP contribution in [0.2, 0.25) is 0 Å². The molecule has 146 valence electrons. The minimum absolute atomic E-state index is 0.0251. The molecular weight excluding hydrogens is 368 g/mol. The largest absolute Gasteiger partial charge is 0.494 e. The van der Waals surface area contributed by atoms with Gasteiger partial charge >= 0.3 is 0 Å². The van der Waals surface area contributed by atoms with Crippen molar-refractivity contribution in [2.24, 2.45) is 5.73 Å². The van der Waals surface area contributed by atoms with Gasteiger partial charge in [0.15, 0.2) is 5.43 Å². The van der Waals surface area contributed by atoms with E-state index in [1.54, 1.807) is 19.9 Å². The highest BCUT2D eigenvalue weighted by Gasteiger charge is 2.33. The van der Waals surface area contributed by atoms with Gasteiger partial charge in [-0.15, -0.1) is 0 Å². The minimum Gasteiger partial charge on any atom is -0.494 e. The van der Waals surface area contributed by atoms with Gasteiger partial charge in [0.05, 0.1) is 23.3 Å². The quantitative estimate of drug-likeness (QED) is 0.727. The molecule has 0 fully saturated rings. The van der Waals surface area contributed by atoms with Gasteiger partial charge < -0.3 is 19.6 Å². The fourth-order valence-electron chi connectivity index (χ4n) is 3.91. The molecule has 0 amide bonds. The summed E-state index contributed by atoms with van der Waals surface area (Å²) in [4.78, 5) is 12.7. The van der Waals surface area contributed by atoms with Crippen molar-refractivity contribution in [2.75, 3.05) is 6.61 Å². The molecule has 0 radical (unpaired) electrons. The van der Waals surface area contributed by atoms with Gasteiger partial charge in [0.2, 0.25) is 5.88 Å². The predicted octanol–water partition coefficient (Wildman–Crippen LogP) is 4.03. The van der Waals surface area contributed by atoms with Crippen LogP contribution < -0.4 is 20.6 Å². The first-order chi connectivity index (χ1) is 14.0. The molecular formula is C23H20N2O4. The first kappa shape index (κ1) is 18.6. The Balaban J connectivity index is 2.03. The minimum atomic E-state index is -0.468. The van der Waals surface area contributed by atoms with Gasteiger partial charge in [-0.05, 0) is 44.5 Å². The molecule has 29 heavy (non-hydrogen) atoms. The lowest BCUT2D eigenvalue weighted by Gasteiger charge is -2.26. The highest BCUT2D eigenvalue weighted by atomic mass is 16.5. The van der Waals surface area contributed by atoms with E-state index in [0.717, 1.165) is 11.3 Å².